The van der Waals surface area contributed by atoms with Crippen molar-refractivity contribution in [2.75, 3.05) is 6.61 Å². The number of carbonyl (C=O) groups excluding carboxylic acids is 1. The first-order valence-electron chi connectivity index (χ1n) is 16.2. The molecule has 2 fully saturated rings. The average molecular weight is 586 g/mol. The van der Waals surface area contributed by atoms with Crippen LogP contribution < -0.4 is 4.74 Å². The Balaban J connectivity index is 1.22. The van der Waals surface area contributed by atoms with Crippen LogP contribution in [0.3, 0.4) is 0 Å². The summed E-state index contributed by atoms with van der Waals surface area (Å²) in [5, 5.41) is 20.7. The molecular formula is C37H44FNO4. The zero-order chi connectivity index (χ0) is 30.3. The van der Waals surface area contributed by atoms with Crippen molar-refractivity contribution >= 4 is 5.78 Å². The van der Waals surface area contributed by atoms with Crippen molar-refractivity contribution in [2.24, 2.45) is 23.7 Å². The molecule has 1 aliphatic heterocycles. The lowest BCUT2D eigenvalue weighted by atomic mass is 9.75. The minimum Gasteiger partial charge on any atom is -0.483 e. The molecule has 5 unspecified atom stereocenters. The number of ether oxygens (including phenoxy) is 1. The Morgan fingerprint density at radius 1 is 1.09 bits per heavy atom. The maximum Gasteiger partial charge on any atom is 0.166 e. The summed E-state index contributed by atoms with van der Waals surface area (Å²) in [5.41, 5.74) is 4.43. The third-order valence-electron chi connectivity index (χ3n) is 10.5. The highest BCUT2D eigenvalue weighted by Crippen LogP contribution is 2.64. The molecule has 6 heteroatoms. The summed E-state index contributed by atoms with van der Waals surface area (Å²) in [4.78, 5) is 18.3. The Labute approximate surface area is 254 Å². The third kappa shape index (κ3) is 5.64. The zero-order valence-corrected chi connectivity index (χ0v) is 25.6. The molecule has 0 bridgehead atoms. The normalized spacial score (nSPS) is 28.2. The zero-order valence-electron chi connectivity index (χ0n) is 25.6. The van der Waals surface area contributed by atoms with Gasteiger partial charge in [0.05, 0.1) is 0 Å². The van der Waals surface area contributed by atoms with Crippen molar-refractivity contribution in [1.29, 1.82) is 0 Å². The topological polar surface area (TPSA) is 79.7 Å². The van der Waals surface area contributed by atoms with Gasteiger partial charge in [0, 0.05) is 41.3 Å². The largest absolute Gasteiger partial charge is 0.483 e. The van der Waals surface area contributed by atoms with Crippen LogP contribution in [0.2, 0.25) is 0 Å². The van der Waals surface area contributed by atoms with E-state index in [1.807, 2.05) is 44.2 Å². The van der Waals surface area contributed by atoms with E-state index in [0.717, 1.165) is 66.3 Å². The van der Waals surface area contributed by atoms with Gasteiger partial charge in [0.2, 0.25) is 0 Å². The van der Waals surface area contributed by atoms with Crippen LogP contribution in [0.4, 0.5) is 4.39 Å². The summed E-state index contributed by atoms with van der Waals surface area (Å²) in [5.74, 6) is 1.32. The number of fused-ring (bicyclic) bond motifs is 3. The van der Waals surface area contributed by atoms with Gasteiger partial charge >= 0.3 is 0 Å². The number of aliphatic hydroxyl groups is 2. The van der Waals surface area contributed by atoms with E-state index in [-0.39, 0.29) is 30.0 Å². The number of pyridine rings is 1. The number of aryl methyl sites for hydroxylation is 1. The highest BCUT2D eigenvalue weighted by atomic mass is 19.1. The first-order chi connectivity index (χ1) is 20.7. The molecule has 2 N–H and O–H groups in total. The van der Waals surface area contributed by atoms with Crippen LogP contribution in [0, 0.1) is 36.4 Å². The number of benzene rings is 2. The van der Waals surface area contributed by atoms with Gasteiger partial charge in [0.1, 0.15) is 29.0 Å². The quantitative estimate of drug-likeness (QED) is 0.263. The molecule has 2 aliphatic carbocycles. The number of hydrogen-bond acceptors (Lipinski definition) is 5. The van der Waals surface area contributed by atoms with E-state index < -0.39 is 11.7 Å². The molecule has 1 aromatic heterocycles. The molecule has 2 saturated carbocycles. The van der Waals surface area contributed by atoms with Gasteiger partial charge in [-0.25, -0.2) is 4.39 Å². The lowest BCUT2D eigenvalue weighted by Gasteiger charge is -2.31. The monoisotopic (exact) mass is 585 g/mol. The molecule has 6 atom stereocenters. The van der Waals surface area contributed by atoms with Crippen molar-refractivity contribution in [1.82, 2.24) is 4.98 Å². The molecule has 0 amide bonds. The first kappa shape index (κ1) is 30.0. The van der Waals surface area contributed by atoms with Crippen LogP contribution in [0.25, 0.3) is 11.1 Å². The Hall–Kier alpha value is -3.09. The van der Waals surface area contributed by atoms with Crippen molar-refractivity contribution in [2.45, 2.75) is 90.3 Å². The van der Waals surface area contributed by atoms with Crippen LogP contribution in [0.1, 0.15) is 104 Å². The number of aliphatic hydroxyl groups excluding tert-OH is 1. The molecule has 5 nitrogen and oxygen atoms in total. The van der Waals surface area contributed by atoms with E-state index in [1.54, 1.807) is 12.3 Å². The number of nitrogens with zero attached hydrogens (tertiary/aromatic N) is 1. The van der Waals surface area contributed by atoms with E-state index in [1.165, 1.54) is 12.5 Å². The Morgan fingerprint density at radius 3 is 2.63 bits per heavy atom. The second-order valence-corrected chi connectivity index (χ2v) is 13.2. The van der Waals surface area contributed by atoms with Gasteiger partial charge in [-0.1, -0.05) is 57.0 Å². The minimum absolute atomic E-state index is 0.0186. The second-order valence-electron chi connectivity index (χ2n) is 13.2. The minimum atomic E-state index is -1.07. The summed E-state index contributed by atoms with van der Waals surface area (Å²) in [7, 11) is 0. The molecule has 0 radical (unpaired) electrons. The van der Waals surface area contributed by atoms with Crippen LogP contribution in [0.5, 0.6) is 5.75 Å². The van der Waals surface area contributed by atoms with Gasteiger partial charge in [0.15, 0.2) is 5.78 Å². The number of aromatic nitrogens is 1. The standard InChI is InChI=1S/C37H44FNO4/c1-4-28-31(38)17-10-23(3)33(28)35-30-20-37(30,42)36-32(43-35)19-27(21-39-36)25-12-14-26(15-13-25)34(41)29-16-11-24(9-6-18-40)8-5-7-22(29)2/h10,12-15,17,19,21-22,24,29-30,35,40,42H,4-9,11,16,18,20H2,1-3H3/t22?,24?,29?,30?,35?,37-/m1/s1. The van der Waals surface area contributed by atoms with Gasteiger partial charge < -0.3 is 14.9 Å². The summed E-state index contributed by atoms with van der Waals surface area (Å²) in [6, 6.07) is 13.0. The highest BCUT2D eigenvalue weighted by Gasteiger charge is 2.64. The molecule has 6 rings (SSSR count). The Morgan fingerprint density at radius 2 is 1.88 bits per heavy atom. The predicted octanol–water partition coefficient (Wildman–Crippen LogP) is 7.89. The smallest absolute Gasteiger partial charge is 0.166 e. The van der Waals surface area contributed by atoms with Crippen LogP contribution >= 0.6 is 0 Å². The summed E-state index contributed by atoms with van der Waals surface area (Å²) < 4.78 is 21.3. The lowest BCUT2D eigenvalue weighted by Crippen LogP contribution is -2.27. The molecule has 3 aromatic rings. The van der Waals surface area contributed by atoms with Gasteiger partial charge in [-0.3, -0.25) is 9.78 Å². The Bertz CT molecular complexity index is 1490. The summed E-state index contributed by atoms with van der Waals surface area (Å²) in [6.45, 7) is 6.37. The van der Waals surface area contributed by atoms with Gasteiger partial charge in [0.25, 0.3) is 0 Å². The number of Topliss-reactive ketones (excluding diaryl/α,β-unsaturated/α-hetero) is 1. The van der Waals surface area contributed by atoms with Crippen molar-refractivity contribution < 1.29 is 24.1 Å². The van der Waals surface area contributed by atoms with E-state index in [4.69, 9.17) is 4.74 Å². The van der Waals surface area contributed by atoms with E-state index >= 15 is 0 Å². The molecule has 228 valence electrons. The van der Waals surface area contributed by atoms with Gasteiger partial charge in [-0.2, -0.15) is 0 Å². The van der Waals surface area contributed by atoms with Crippen LogP contribution in [-0.2, 0) is 12.0 Å². The molecule has 0 saturated heterocycles. The average Bonchev–Trinajstić information content (AvgIpc) is 3.71. The van der Waals surface area contributed by atoms with Crippen LogP contribution in [-0.4, -0.2) is 27.6 Å². The number of hydrogen-bond donors (Lipinski definition) is 2. The van der Waals surface area contributed by atoms with Crippen molar-refractivity contribution in [3.05, 3.63) is 82.4 Å². The van der Waals surface area contributed by atoms with E-state index in [0.29, 0.717) is 41.7 Å². The fourth-order valence-corrected chi connectivity index (χ4v) is 7.79. The number of carbonyl (C=O) groups is 1. The first-order valence-corrected chi connectivity index (χ1v) is 16.2. The predicted molar refractivity (Wildman–Crippen MR) is 165 cm³/mol. The molecule has 0 spiro atoms. The van der Waals surface area contributed by atoms with Crippen LogP contribution in [0.15, 0.2) is 48.7 Å². The number of halogens is 1. The molecule has 3 aliphatic rings. The van der Waals surface area contributed by atoms with E-state index in [9.17, 15) is 19.4 Å². The fourth-order valence-electron chi connectivity index (χ4n) is 7.79. The Kier molecular flexibility index (Phi) is 8.45. The number of rotatable bonds is 8. The summed E-state index contributed by atoms with van der Waals surface area (Å²) >= 11 is 0. The van der Waals surface area contributed by atoms with E-state index in [2.05, 4.69) is 11.9 Å². The molecule has 2 heterocycles. The molecular weight excluding hydrogens is 541 g/mol. The highest BCUT2D eigenvalue weighted by molar-refractivity contribution is 5.98. The number of ketones is 1. The SMILES string of the molecule is CCc1c(F)ccc(C)c1C1Oc2cc(-c3ccc(C(=O)C4CCC(CCCO)CCCC4C)cc3)cnc2[C@@]2(O)CC12. The molecule has 2 aromatic carbocycles. The fraction of sp³-hybridized carbons (Fsp3) is 0.514. The maximum absolute atomic E-state index is 14.8. The van der Waals surface area contributed by atoms with Crippen molar-refractivity contribution in [3.8, 4) is 16.9 Å². The summed E-state index contributed by atoms with van der Waals surface area (Å²) in [6.07, 6.45) is 9.64. The molecule has 43 heavy (non-hydrogen) atoms. The lowest BCUT2D eigenvalue weighted by molar-refractivity contribution is 0.0483. The van der Waals surface area contributed by atoms with Gasteiger partial charge in [-0.05, 0) is 92.5 Å². The maximum atomic E-state index is 14.8. The second kappa shape index (κ2) is 12.1. The van der Waals surface area contributed by atoms with Gasteiger partial charge in [-0.15, -0.1) is 0 Å². The third-order valence-corrected chi connectivity index (χ3v) is 10.5. The van der Waals surface area contributed by atoms with Crippen molar-refractivity contribution in [3.63, 3.8) is 0 Å².